The summed E-state index contributed by atoms with van der Waals surface area (Å²) in [6.07, 6.45) is 4.58. The van der Waals surface area contributed by atoms with Crippen molar-refractivity contribution in [2.24, 2.45) is 11.7 Å². The Morgan fingerprint density at radius 1 is 1.20 bits per heavy atom. The Labute approximate surface area is 125 Å². The van der Waals surface area contributed by atoms with Crippen LogP contribution in [0.5, 0.6) is 0 Å². The Morgan fingerprint density at radius 2 is 1.85 bits per heavy atom. The van der Waals surface area contributed by atoms with Crippen LogP contribution in [0.2, 0.25) is 0 Å². The van der Waals surface area contributed by atoms with Gasteiger partial charge in [-0.25, -0.2) is 0 Å². The molecule has 2 rings (SSSR count). The average molecular weight is 293 g/mol. The molecular formula is C17H27NOS. The number of rotatable bonds is 4. The van der Waals surface area contributed by atoms with Gasteiger partial charge in [-0.2, -0.15) is 0 Å². The van der Waals surface area contributed by atoms with Crippen LogP contribution in [0.4, 0.5) is 0 Å². The number of hydrogen-bond donors (Lipinski definition) is 1. The third-order valence-electron chi connectivity index (χ3n) is 4.38. The van der Waals surface area contributed by atoms with Crippen LogP contribution in [-0.4, -0.2) is 16.0 Å². The molecule has 1 fully saturated rings. The van der Waals surface area contributed by atoms with Gasteiger partial charge in [-0.3, -0.25) is 4.21 Å². The molecule has 112 valence electrons. The minimum atomic E-state index is -0.885. The molecule has 0 aliphatic heterocycles. The lowest BCUT2D eigenvalue weighted by Crippen LogP contribution is -2.25. The summed E-state index contributed by atoms with van der Waals surface area (Å²) in [6.45, 7) is 6.58. The molecule has 1 aromatic rings. The molecule has 0 saturated heterocycles. The Bertz CT molecular complexity index is 461. The molecule has 0 radical (unpaired) electrons. The fourth-order valence-electron chi connectivity index (χ4n) is 2.91. The molecular weight excluding hydrogens is 266 g/mol. The predicted molar refractivity (Wildman–Crippen MR) is 86.4 cm³/mol. The molecule has 0 amide bonds. The Balaban J connectivity index is 1.92. The third kappa shape index (κ3) is 3.92. The first kappa shape index (κ1) is 15.7. The van der Waals surface area contributed by atoms with Crippen LogP contribution in [0.15, 0.2) is 29.2 Å². The van der Waals surface area contributed by atoms with E-state index in [1.165, 1.54) is 18.4 Å². The van der Waals surface area contributed by atoms with Crippen LogP contribution in [0, 0.1) is 5.92 Å². The second-order valence-electron chi connectivity index (χ2n) is 6.97. The maximum Gasteiger partial charge on any atom is 0.0529 e. The van der Waals surface area contributed by atoms with Crippen LogP contribution in [-0.2, 0) is 16.2 Å². The zero-order valence-electron chi connectivity index (χ0n) is 12.9. The van der Waals surface area contributed by atoms with Crippen LogP contribution in [0.25, 0.3) is 0 Å². The molecule has 1 aliphatic carbocycles. The van der Waals surface area contributed by atoms with E-state index in [1.807, 2.05) is 12.1 Å². The highest BCUT2D eigenvalue weighted by atomic mass is 32.2. The first-order valence-corrected chi connectivity index (χ1v) is 8.94. The Morgan fingerprint density at radius 3 is 2.35 bits per heavy atom. The largest absolute Gasteiger partial charge is 0.327 e. The van der Waals surface area contributed by atoms with Crippen LogP contribution in [0.1, 0.15) is 52.0 Å². The van der Waals surface area contributed by atoms with E-state index in [0.717, 1.165) is 23.5 Å². The van der Waals surface area contributed by atoms with Crippen molar-refractivity contribution < 1.29 is 4.21 Å². The smallest absolute Gasteiger partial charge is 0.0529 e. The summed E-state index contributed by atoms with van der Waals surface area (Å²) in [6, 6.07) is 8.58. The SMILES string of the molecule is CC(C)(C)c1ccc(S(=O)CCC2CCCC2N)cc1. The molecule has 0 spiro atoms. The topological polar surface area (TPSA) is 43.1 Å². The molecule has 3 heteroatoms. The molecule has 2 N–H and O–H groups in total. The van der Waals surface area contributed by atoms with Gasteiger partial charge in [-0.1, -0.05) is 39.3 Å². The van der Waals surface area contributed by atoms with Gasteiger partial charge in [0.15, 0.2) is 0 Å². The summed E-state index contributed by atoms with van der Waals surface area (Å²) in [5.74, 6) is 1.32. The summed E-state index contributed by atoms with van der Waals surface area (Å²) < 4.78 is 12.3. The molecule has 3 atom stereocenters. The van der Waals surface area contributed by atoms with E-state index in [9.17, 15) is 4.21 Å². The van der Waals surface area contributed by atoms with E-state index >= 15 is 0 Å². The minimum Gasteiger partial charge on any atom is -0.327 e. The fraction of sp³-hybridized carbons (Fsp3) is 0.647. The van der Waals surface area contributed by atoms with E-state index in [0.29, 0.717) is 12.0 Å². The van der Waals surface area contributed by atoms with Crippen molar-refractivity contribution in [2.45, 2.75) is 62.8 Å². The maximum atomic E-state index is 12.3. The van der Waals surface area contributed by atoms with Crippen molar-refractivity contribution in [3.05, 3.63) is 29.8 Å². The van der Waals surface area contributed by atoms with Gasteiger partial charge in [0.2, 0.25) is 0 Å². The molecule has 0 bridgehead atoms. The van der Waals surface area contributed by atoms with Gasteiger partial charge >= 0.3 is 0 Å². The molecule has 1 aromatic carbocycles. The molecule has 1 saturated carbocycles. The van der Waals surface area contributed by atoms with Gasteiger partial charge < -0.3 is 5.73 Å². The van der Waals surface area contributed by atoms with E-state index in [2.05, 4.69) is 32.9 Å². The van der Waals surface area contributed by atoms with Crippen molar-refractivity contribution in [1.29, 1.82) is 0 Å². The van der Waals surface area contributed by atoms with Crippen molar-refractivity contribution >= 4 is 10.8 Å². The van der Waals surface area contributed by atoms with Gasteiger partial charge in [0.25, 0.3) is 0 Å². The van der Waals surface area contributed by atoms with Crippen LogP contribution in [0.3, 0.4) is 0 Å². The Hall–Kier alpha value is -0.670. The monoisotopic (exact) mass is 293 g/mol. The molecule has 1 aliphatic rings. The second-order valence-corrected chi connectivity index (χ2v) is 8.54. The van der Waals surface area contributed by atoms with Gasteiger partial charge in [-0.05, 0) is 48.3 Å². The summed E-state index contributed by atoms with van der Waals surface area (Å²) >= 11 is 0. The first-order valence-electron chi connectivity index (χ1n) is 7.62. The lowest BCUT2D eigenvalue weighted by molar-refractivity contribution is 0.468. The third-order valence-corrected chi connectivity index (χ3v) is 5.78. The first-order chi connectivity index (χ1) is 9.38. The van der Waals surface area contributed by atoms with Crippen LogP contribution >= 0.6 is 0 Å². The zero-order valence-corrected chi connectivity index (χ0v) is 13.7. The van der Waals surface area contributed by atoms with E-state index < -0.39 is 10.8 Å². The molecule has 0 heterocycles. The minimum absolute atomic E-state index is 0.149. The highest BCUT2D eigenvalue weighted by Gasteiger charge is 2.24. The number of benzene rings is 1. The molecule has 3 unspecified atom stereocenters. The maximum absolute atomic E-state index is 12.3. The predicted octanol–water partition coefficient (Wildman–Crippen LogP) is 3.61. The summed E-state index contributed by atoms with van der Waals surface area (Å²) in [4.78, 5) is 0.949. The zero-order chi connectivity index (χ0) is 14.8. The average Bonchev–Trinajstić information content (AvgIpc) is 2.81. The molecule has 20 heavy (non-hydrogen) atoms. The normalized spacial score (nSPS) is 24.8. The molecule has 0 aromatic heterocycles. The second kappa shape index (κ2) is 6.40. The van der Waals surface area contributed by atoms with Gasteiger partial charge in [0.05, 0.1) is 10.8 Å². The van der Waals surface area contributed by atoms with Crippen molar-refractivity contribution in [3.63, 3.8) is 0 Å². The quantitative estimate of drug-likeness (QED) is 0.921. The lowest BCUT2D eigenvalue weighted by atomic mass is 9.87. The lowest BCUT2D eigenvalue weighted by Gasteiger charge is -2.19. The number of hydrogen-bond acceptors (Lipinski definition) is 2. The highest BCUT2D eigenvalue weighted by molar-refractivity contribution is 7.85. The standard InChI is InChI=1S/C17H27NOS/c1-17(2,3)14-7-9-15(10-8-14)20(19)12-11-13-5-4-6-16(13)18/h7-10,13,16H,4-6,11-12,18H2,1-3H3. The van der Waals surface area contributed by atoms with Crippen molar-refractivity contribution in [2.75, 3.05) is 5.75 Å². The van der Waals surface area contributed by atoms with Crippen molar-refractivity contribution in [3.8, 4) is 0 Å². The summed E-state index contributed by atoms with van der Waals surface area (Å²) in [5, 5.41) is 0. The van der Waals surface area contributed by atoms with E-state index in [4.69, 9.17) is 5.73 Å². The van der Waals surface area contributed by atoms with Gasteiger partial charge in [0, 0.05) is 16.7 Å². The fourth-order valence-corrected chi connectivity index (χ4v) is 4.10. The van der Waals surface area contributed by atoms with Crippen LogP contribution < -0.4 is 5.73 Å². The molecule has 2 nitrogen and oxygen atoms in total. The van der Waals surface area contributed by atoms with E-state index in [-0.39, 0.29) is 5.41 Å². The van der Waals surface area contributed by atoms with Gasteiger partial charge in [0.1, 0.15) is 0 Å². The number of nitrogens with two attached hydrogens (primary N) is 1. The van der Waals surface area contributed by atoms with E-state index in [1.54, 1.807) is 0 Å². The summed E-state index contributed by atoms with van der Waals surface area (Å²) in [5.41, 5.74) is 7.51. The van der Waals surface area contributed by atoms with Crippen molar-refractivity contribution in [1.82, 2.24) is 0 Å². The highest BCUT2D eigenvalue weighted by Crippen LogP contribution is 2.28. The van der Waals surface area contributed by atoms with Gasteiger partial charge in [-0.15, -0.1) is 0 Å². The Kier molecular flexibility index (Phi) is 5.03. The summed E-state index contributed by atoms with van der Waals surface area (Å²) in [7, 11) is -0.885.